The summed E-state index contributed by atoms with van der Waals surface area (Å²) in [7, 11) is -2.15. The first kappa shape index (κ1) is 21.8. The molecule has 0 aliphatic carbocycles. The maximum absolute atomic E-state index is 12.9. The highest BCUT2D eigenvalue weighted by Crippen LogP contribution is 2.27. The number of sulfonamides is 1. The van der Waals surface area contributed by atoms with Gasteiger partial charge in [0.1, 0.15) is 6.04 Å². The van der Waals surface area contributed by atoms with Crippen molar-refractivity contribution in [3.05, 3.63) is 54.6 Å². The quantitative estimate of drug-likeness (QED) is 0.758. The summed E-state index contributed by atoms with van der Waals surface area (Å²) in [5, 5.41) is 2.78. The van der Waals surface area contributed by atoms with Gasteiger partial charge in [0.15, 0.2) is 0 Å². The lowest BCUT2D eigenvalue weighted by molar-refractivity contribution is -0.119. The van der Waals surface area contributed by atoms with E-state index in [4.69, 9.17) is 4.74 Å². The molecule has 1 atom stereocenters. The van der Waals surface area contributed by atoms with Crippen molar-refractivity contribution in [3.8, 4) is 0 Å². The average Bonchev–Trinajstić information content (AvgIpc) is 3.26. The topological polar surface area (TPSA) is 96.0 Å². The molecular formula is C21H25N3O5S. The number of hydrogen-bond acceptors (Lipinski definition) is 5. The standard InChI is InChI=1S/C21H25N3O5S/c1-3-29-21(26)23(2)17-13-11-16(12-14-17)22-20(25)19-10-7-15-24(19)30(27,28)18-8-5-4-6-9-18/h4-6,8-9,11-14,19H,3,7,10,15H2,1-2H3,(H,22,25). The lowest BCUT2D eigenvalue weighted by Crippen LogP contribution is -2.43. The molecule has 0 saturated carbocycles. The van der Waals surface area contributed by atoms with Gasteiger partial charge < -0.3 is 10.1 Å². The minimum absolute atomic E-state index is 0.177. The van der Waals surface area contributed by atoms with Gasteiger partial charge in [-0.15, -0.1) is 0 Å². The number of benzene rings is 2. The Morgan fingerprint density at radius 2 is 1.80 bits per heavy atom. The smallest absolute Gasteiger partial charge is 0.413 e. The molecule has 0 aromatic heterocycles. The molecule has 8 nitrogen and oxygen atoms in total. The molecule has 1 fully saturated rings. The van der Waals surface area contributed by atoms with E-state index < -0.39 is 22.2 Å². The molecule has 160 valence electrons. The van der Waals surface area contributed by atoms with Gasteiger partial charge in [0.05, 0.1) is 11.5 Å². The number of hydrogen-bond donors (Lipinski definition) is 1. The van der Waals surface area contributed by atoms with Crippen LogP contribution in [0.1, 0.15) is 19.8 Å². The van der Waals surface area contributed by atoms with E-state index in [1.54, 1.807) is 56.4 Å². The molecule has 2 amide bonds. The van der Waals surface area contributed by atoms with Gasteiger partial charge in [0.2, 0.25) is 15.9 Å². The van der Waals surface area contributed by atoms with Gasteiger partial charge in [-0.05, 0) is 56.2 Å². The molecule has 0 bridgehead atoms. The molecular weight excluding hydrogens is 406 g/mol. The summed E-state index contributed by atoms with van der Waals surface area (Å²) in [5.74, 6) is -0.376. The lowest BCUT2D eigenvalue weighted by Gasteiger charge is -2.23. The van der Waals surface area contributed by atoms with Crippen LogP contribution in [0.5, 0.6) is 0 Å². The first-order chi connectivity index (χ1) is 14.3. The zero-order valence-corrected chi connectivity index (χ0v) is 17.8. The number of nitrogens with zero attached hydrogens (tertiary/aromatic N) is 2. The molecule has 1 heterocycles. The summed E-state index contributed by atoms with van der Waals surface area (Å²) in [6.45, 7) is 2.31. The number of carbonyl (C=O) groups is 2. The van der Waals surface area contributed by atoms with Crippen LogP contribution in [0.25, 0.3) is 0 Å². The average molecular weight is 432 g/mol. The third-order valence-corrected chi connectivity index (χ3v) is 6.84. The fourth-order valence-corrected chi connectivity index (χ4v) is 5.01. The summed E-state index contributed by atoms with van der Waals surface area (Å²) in [6, 6.07) is 14.0. The van der Waals surface area contributed by atoms with E-state index in [1.807, 2.05) is 0 Å². The fraction of sp³-hybridized carbons (Fsp3) is 0.333. The van der Waals surface area contributed by atoms with Crippen LogP contribution in [0.15, 0.2) is 59.5 Å². The van der Waals surface area contributed by atoms with Gasteiger partial charge in [-0.3, -0.25) is 9.69 Å². The van der Waals surface area contributed by atoms with Crippen molar-refractivity contribution in [1.29, 1.82) is 0 Å². The van der Waals surface area contributed by atoms with Crippen LogP contribution in [0.4, 0.5) is 16.2 Å². The Balaban J connectivity index is 1.70. The Labute approximate surface area is 176 Å². The van der Waals surface area contributed by atoms with Crippen LogP contribution in [0.2, 0.25) is 0 Å². The molecule has 3 rings (SSSR count). The van der Waals surface area contributed by atoms with Crippen molar-refractivity contribution in [2.75, 3.05) is 30.4 Å². The third-order valence-electron chi connectivity index (χ3n) is 4.92. The summed E-state index contributed by atoms with van der Waals surface area (Å²) >= 11 is 0. The van der Waals surface area contributed by atoms with Gasteiger partial charge in [-0.2, -0.15) is 4.31 Å². The zero-order chi connectivity index (χ0) is 21.7. The van der Waals surface area contributed by atoms with Crippen LogP contribution < -0.4 is 10.2 Å². The number of amides is 2. The molecule has 1 saturated heterocycles. The third kappa shape index (κ3) is 4.63. The Morgan fingerprint density at radius 3 is 2.43 bits per heavy atom. The number of carbonyl (C=O) groups excluding carboxylic acids is 2. The molecule has 1 aliphatic heterocycles. The predicted molar refractivity (Wildman–Crippen MR) is 114 cm³/mol. The van der Waals surface area contributed by atoms with Crippen LogP contribution in [0.3, 0.4) is 0 Å². The summed E-state index contributed by atoms with van der Waals surface area (Å²) in [5.41, 5.74) is 1.13. The van der Waals surface area contributed by atoms with Crippen molar-refractivity contribution in [2.45, 2.75) is 30.7 Å². The Hall–Kier alpha value is -2.91. The summed E-state index contributed by atoms with van der Waals surface area (Å²) in [6.07, 6.45) is 0.608. The van der Waals surface area contributed by atoms with E-state index in [-0.39, 0.29) is 17.4 Å². The van der Waals surface area contributed by atoms with E-state index in [2.05, 4.69) is 5.32 Å². The summed E-state index contributed by atoms with van der Waals surface area (Å²) in [4.78, 5) is 26.2. The minimum Gasteiger partial charge on any atom is -0.449 e. The zero-order valence-electron chi connectivity index (χ0n) is 16.9. The van der Waals surface area contributed by atoms with Crippen molar-refractivity contribution < 1.29 is 22.7 Å². The normalized spacial score (nSPS) is 16.8. The van der Waals surface area contributed by atoms with Gasteiger partial charge in [-0.1, -0.05) is 18.2 Å². The SMILES string of the molecule is CCOC(=O)N(C)c1ccc(NC(=O)C2CCCN2S(=O)(=O)c2ccccc2)cc1. The van der Waals surface area contributed by atoms with Crippen molar-refractivity contribution in [3.63, 3.8) is 0 Å². The lowest BCUT2D eigenvalue weighted by atomic mass is 10.2. The van der Waals surface area contributed by atoms with Crippen molar-refractivity contribution in [2.24, 2.45) is 0 Å². The Kier molecular flexibility index (Phi) is 6.73. The van der Waals surface area contributed by atoms with Crippen LogP contribution >= 0.6 is 0 Å². The molecule has 0 radical (unpaired) electrons. The monoisotopic (exact) mass is 431 g/mol. The van der Waals surface area contributed by atoms with Crippen LogP contribution in [-0.4, -0.2) is 51.0 Å². The predicted octanol–water partition coefficient (Wildman–Crippen LogP) is 3.07. The number of ether oxygens (including phenoxy) is 1. The number of anilines is 2. The Morgan fingerprint density at radius 1 is 1.13 bits per heavy atom. The first-order valence-electron chi connectivity index (χ1n) is 9.73. The molecule has 1 N–H and O–H groups in total. The molecule has 2 aromatic carbocycles. The highest BCUT2D eigenvalue weighted by atomic mass is 32.2. The highest BCUT2D eigenvalue weighted by Gasteiger charge is 2.39. The number of nitrogens with one attached hydrogen (secondary N) is 1. The number of rotatable bonds is 6. The molecule has 1 unspecified atom stereocenters. The second-order valence-corrected chi connectivity index (χ2v) is 8.77. The van der Waals surface area contributed by atoms with E-state index in [9.17, 15) is 18.0 Å². The van der Waals surface area contributed by atoms with E-state index in [0.717, 1.165) is 0 Å². The van der Waals surface area contributed by atoms with E-state index in [1.165, 1.54) is 21.3 Å². The fourth-order valence-electron chi connectivity index (χ4n) is 3.34. The van der Waals surface area contributed by atoms with Gasteiger partial charge in [-0.25, -0.2) is 13.2 Å². The largest absolute Gasteiger partial charge is 0.449 e. The molecule has 0 spiro atoms. The second kappa shape index (κ2) is 9.27. The maximum Gasteiger partial charge on any atom is 0.413 e. The van der Waals surface area contributed by atoms with Crippen molar-refractivity contribution >= 4 is 33.4 Å². The minimum atomic E-state index is -3.74. The van der Waals surface area contributed by atoms with Crippen LogP contribution in [-0.2, 0) is 19.6 Å². The van der Waals surface area contributed by atoms with Gasteiger partial charge in [0.25, 0.3) is 0 Å². The summed E-state index contributed by atoms with van der Waals surface area (Å²) < 4.78 is 32.1. The van der Waals surface area contributed by atoms with Gasteiger partial charge in [0, 0.05) is 25.0 Å². The van der Waals surface area contributed by atoms with Crippen molar-refractivity contribution in [1.82, 2.24) is 4.31 Å². The Bertz CT molecular complexity index is 993. The molecule has 30 heavy (non-hydrogen) atoms. The second-order valence-electron chi connectivity index (χ2n) is 6.88. The first-order valence-corrected chi connectivity index (χ1v) is 11.2. The van der Waals surface area contributed by atoms with Gasteiger partial charge >= 0.3 is 6.09 Å². The maximum atomic E-state index is 12.9. The molecule has 2 aromatic rings. The van der Waals surface area contributed by atoms with E-state index >= 15 is 0 Å². The molecule has 1 aliphatic rings. The van der Waals surface area contributed by atoms with E-state index in [0.29, 0.717) is 30.8 Å². The van der Waals surface area contributed by atoms with Crippen LogP contribution in [0, 0.1) is 0 Å². The highest BCUT2D eigenvalue weighted by molar-refractivity contribution is 7.89. The molecule has 9 heteroatoms.